The number of ether oxygens (including phenoxy) is 1. The van der Waals surface area contributed by atoms with Crippen molar-refractivity contribution in [1.82, 2.24) is 9.71 Å². The second kappa shape index (κ2) is 5.24. The molecule has 1 aromatic heterocycles. The Labute approximate surface area is 117 Å². The van der Waals surface area contributed by atoms with E-state index in [9.17, 15) is 8.42 Å². The van der Waals surface area contributed by atoms with Crippen LogP contribution in [0.3, 0.4) is 0 Å². The summed E-state index contributed by atoms with van der Waals surface area (Å²) < 4.78 is 32.5. The van der Waals surface area contributed by atoms with E-state index >= 15 is 0 Å². The number of halogens is 1. The smallest absolute Gasteiger partial charge is 0.242 e. The Bertz CT molecular complexity index is 571. The van der Waals surface area contributed by atoms with E-state index in [1.807, 2.05) is 6.92 Å². The summed E-state index contributed by atoms with van der Waals surface area (Å²) in [6.45, 7) is 2.82. The molecule has 1 aliphatic heterocycles. The third kappa shape index (κ3) is 3.36. The molecule has 1 aromatic rings. The molecular weight excluding hydrogens is 290 g/mol. The Kier molecular flexibility index (Phi) is 4.00. The lowest BCUT2D eigenvalue weighted by Gasteiger charge is -2.33. The van der Waals surface area contributed by atoms with Crippen molar-refractivity contribution in [3.8, 4) is 0 Å². The Morgan fingerprint density at radius 2 is 2.32 bits per heavy atom. The van der Waals surface area contributed by atoms with Crippen LogP contribution in [0, 0.1) is 0 Å². The Balaban J connectivity index is 2.24. The zero-order valence-electron chi connectivity index (χ0n) is 10.5. The monoisotopic (exact) mass is 305 g/mol. The lowest BCUT2D eigenvalue weighted by atomic mass is 9.97. The Hall–Kier alpha value is -0.890. The molecule has 0 spiro atoms. The van der Waals surface area contributed by atoms with E-state index in [1.54, 1.807) is 0 Å². The summed E-state index contributed by atoms with van der Waals surface area (Å²) in [6.07, 6.45) is 2.73. The van der Waals surface area contributed by atoms with Gasteiger partial charge in [-0.15, -0.1) is 0 Å². The number of nitrogens with one attached hydrogen (secondary N) is 1. The molecule has 1 fully saturated rings. The molecule has 0 amide bonds. The summed E-state index contributed by atoms with van der Waals surface area (Å²) in [4.78, 5) is 3.75. The van der Waals surface area contributed by atoms with Crippen molar-refractivity contribution in [2.45, 2.75) is 30.2 Å². The predicted molar refractivity (Wildman–Crippen MR) is 72.4 cm³/mol. The molecule has 3 N–H and O–H groups in total. The number of rotatable bonds is 3. The van der Waals surface area contributed by atoms with E-state index in [-0.39, 0.29) is 15.7 Å². The first-order chi connectivity index (χ1) is 8.82. The number of anilines is 1. The fraction of sp³-hybridized carbons (Fsp3) is 0.545. The average molecular weight is 306 g/mol. The molecule has 0 bridgehead atoms. The number of nitrogens with zero attached hydrogens (tertiary/aromatic N) is 1. The van der Waals surface area contributed by atoms with Crippen LogP contribution in [0.5, 0.6) is 0 Å². The summed E-state index contributed by atoms with van der Waals surface area (Å²) in [7, 11) is -3.69. The predicted octanol–water partition coefficient (Wildman–Crippen LogP) is 1.16. The summed E-state index contributed by atoms with van der Waals surface area (Å²) in [5.41, 5.74) is 4.86. The average Bonchev–Trinajstić information content (AvgIpc) is 2.32. The number of sulfonamides is 1. The van der Waals surface area contributed by atoms with Crippen molar-refractivity contribution in [3.63, 3.8) is 0 Å². The van der Waals surface area contributed by atoms with E-state index in [1.165, 1.54) is 12.3 Å². The molecule has 1 unspecified atom stereocenters. The van der Waals surface area contributed by atoms with Crippen molar-refractivity contribution in [1.29, 1.82) is 0 Å². The van der Waals surface area contributed by atoms with Gasteiger partial charge in [-0.3, -0.25) is 0 Å². The van der Waals surface area contributed by atoms with Crippen LogP contribution in [0.15, 0.2) is 17.2 Å². The molecule has 0 aromatic carbocycles. The molecule has 2 heterocycles. The first kappa shape index (κ1) is 14.5. The molecule has 2 rings (SSSR count). The van der Waals surface area contributed by atoms with E-state index in [0.29, 0.717) is 13.2 Å². The minimum Gasteiger partial charge on any atom is -0.382 e. The zero-order chi connectivity index (χ0) is 14.1. The third-order valence-electron chi connectivity index (χ3n) is 2.97. The van der Waals surface area contributed by atoms with Gasteiger partial charge in [0.2, 0.25) is 10.0 Å². The van der Waals surface area contributed by atoms with Gasteiger partial charge in [-0.1, -0.05) is 11.6 Å². The van der Waals surface area contributed by atoms with Crippen LogP contribution in [-0.2, 0) is 14.8 Å². The number of pyridine rings is 1. The van der Waals surface area contributed by atoms with E-state index in [4.69, 9.17) is 22.1 Å². The van der Waals surface area contributed by atoms with Gasteiger partial charge < -0.3 is 10.5 Å². The molecule has 0 saturated carbocycles. The van der Waals surface area contributed by atoms with Crippen LogP contribution in [0.25, 0.3) is 0 Å². The summed E-state index contributed by atoms with van der Waals surface area (Å²) >= 11 is 5.79. The van der Waals surface area contributed by atoms with Crippen LogP contribution >= 0.6 is 11.6 Å². The highest BCUT2D eigenvalue weighted by Gasteiger charge is 2.33. The van der Waals surface area contributed by atoms with Crippen LogP contribution in [-0.4, -0.2) is 32.2 Å². The van der Waals surface area contributed by atoms with E-state index in [2.05, 4.69) is 9.71 Å². The number of nitrogens with two attached hydrogens (primary N) is 1. The fourth-order valence-electron chi connectivity index (χ4n) is 1.98. The van der Waals surface area contributed by atoms with Gasteiger partial charge in [0.1, 0.15) is 10.7 Å². The molecule has 8 heteroatoms. The molecule has 19 heavy (non-hydrogen) atoms. The summed E-state index contributed by atoms with van der Waals surface area (Å²) in [5, 5.41) is 0.118. The maximum absolute atomic E-state index is 12.3. The van der Waals surface area contributed by atoms with Gasteiger partial charge in [0.15, 0.2) is 0 Å². The van der Waals surface area contributed by atoms with Crippen molar-refractivity contribution in [2.75, 3.05) is 18.9 Å². The van der Waals surface area contributed by atoms with Crippen molar-refractivity contribution < 1.29 is 13.2 Å². The first-order valence-corrected chi connectivity index (χ1v) is 7.71. The highest BCUT2D eigenvalue weighted by molar-refractivity contribution is 7.89. The summed E-state index contributed by atoms with van der Waals surface area (Å²) in [6, 6.07) is 1.29. The lowest BCUT2D eigenvalue weighted by Crippen LogP contribution is -2.51. The van der Waals surface area contributed by atoms with Crippen LogP contribution in [0.4, 0.5) is 5.82 Å². The van der Waals surface area contributed by atoms with Crippen LogP contribution < -0.4 is 10.5 Å². The van der Waals surface area contributed by atoms with Gasteiger partial charge in [-0.25, -0.2) is 18.1 Å². The second-order valence-electron chi connectivity index (χ2n) is 4.86. The molecule has 1 saturated heterocycles. The molecule has 0 radical (unpaired) electrons. The Morgan fingerprint density at radius 3 is 2.89 bits per heavy atom. The van der Waals surface area contributed by atoms with Crippen molar-refractivity contribution in [2.24, 2.45) is 0 Å². The molecule has 1 atom stereocenters. The summed E-state index contributed by atoms with van der Waals surface area (Å²) in [5.74, 6) is 0.104. The van der Waals surface area contributed by atoms with Gasteiger partial charge in [0, 0.05) is 12.8 Å². The topological polar surface area (TPSA) is 94.3 Å². The number of hydrogen-bond acceptors (Lipinski definition) is 5. The van der Waals surface area contributed by atoms with E-state index < -0.39 is 15.6 Å². The third-order valence-corrected chi connectivity index (χ3v) is 4.88. The maximum atomic E-state index is 12.3. The highest BCUT2D eigenvalue weighted by Crippen LogP contribution is 2.24. The highest BCUT2D eigenvalue weighted by atomic mass is 35.5. The quantitative estimate of drug-likeness (QED) is 0.874. The van der Waals surface area contributed by atoms with Crippen molar-refractivity contribution in [3.05, 3.63) is 17.3 Å². The lowest BCUT2D eigenvalue weighted by molar-refractivity contribution is 0.0386. The maximum Gasteiger partial charge on any atom is 0.242 e. The van der Waals surface area contributed by atoms with Crippen molar-refractivity contribution >= 4 is 27.4 Å². The van der Waals surface area contributed by atoms with Gasteiger partial charge in [0.05, 0.1) is 17.2 Å². The minimum absolute atomic E-state index is 0.00139. The molecule has 6 nitrogen and oxygen atoms in total. The zero-order valence-corrected chi connectivity index (χ0v) is 12.1. The number of nitrogen functional groups attached to an aromatic ring is 1. The molecule has 1 aliphatic rings. The van der Waals surface area contributed by atoms with Gasteiger partial charge >= 0.3 is 0 Å². The Morgan fingerprint density at radius 1 is 1.58 bits per heavy atom. The van der Waals surface area contributed by atoms with E-state index in [0.717, 1.165) is 12.8 Å². The largest absolute Gasteiger partial charge is 0.382 e. The number of hydrogen-bond donors (Lipinski definition) is 2. The SMILES string of the molecule is CC1(NS(=O)(=O)c2cnc(N)c(Cl)c2)CCCOC1. The normalized spacial score (nSPS) is 24.3. The standard InChI is InChI=1S/C11H16ClN3O3S/c1-11(3-2-4-18-7-11)15-19(16,17)8-5-9(12)10(13)14-6-8/h5-6,15H,2-4,7H2,1H3,(H2,13,14). The van der Waals surface area contributed by atoms with Crippen LogP contribution in [0.2, 0.25) is 5.02 Å². The first-order valence-electron chi connectivity index (χ1n) is 5.85. The molecule has 0 aliphatic carbocycles. The molecular formula is C11H16ClN3O3S. The van der Waals surface area contributed by atoms with Gasteiger partial charge in [0.25, 0.3) is 0 Å². The molecule has 106 valence electrons. The number of aromatic nitrogens is 1. The second-order valence-corrected chi connectivity index (χ2v) is 6.95. The van der Waals surface area contributed by atoms with Gasteiger partial charge in [-0.2, -0.15) is 0 Å². The fourth-order valence-corrected chi connectivity index (χ4v) is 3.60. The van der Waals surface area contributed by atoms with Crippen LogP contribution in [0.1, 0.15) is 19.8 Å². The van der Waals surface area contributed by atoms with Gasteiger partial charge in [-0.05, 0) is 25.8 Å². The minimum atomic E-state index is -3.69.